The fraction of sp³-hybridized carbons (Fsp3) is 0.467. The molecule has 0 saturated carbocycles. The van der Waals surface area contributed by atoms with E-state index in [0.29, 0.717) is 19.6 Å². The van der Waals surface area contributed by atoms with E-state index in [1.807, 2.05) is 0 Å². The van der Waals surface area contributed by atoms with Gasteiger partial charge in [-0.25, -0.2) is 9.97 Å². The summed E-state index contributed by atoms with van der Waals surface area (Å²) in [6.07, 6.45) is -1.99. The first-order valence-electron chi connectivity index (χ1n) is 7.57. The Kier molecular flexibility index (Phi) is 4.25. The van der Waals surface area contributed by atoms with Crippen LogP contribution in [0.1, 0.15) is 18.7 Å². The lowest BCUT2D eigenvalue weighted by Crippen LogP contribution is -2.35. The van der Waals surface area contributed by atoms with Crippen molar-refractivity contribution in [2.75, 3.05) is 18.0 Å². The largest absolute Gasteiger partial charge is 0.494 e. The molecule has 1 aliphatic rings. The number of aromatic hydroxyl groups is 2. The van der Waals surface area contributed by atoms with Crippen LogP contribution in [0.5, 0.6) is 11.8 Å². The summed E-state index contributed by atoms with van der Waals surface area (Å²) >= 11 is 0. The molecular weight excluding hydrogens is 325 g/mol. The van der Waals surface area contributed by atoms with Crippen LogP contribution < -0.4 is 4.90 Å². The fourth-order valence-electron chi connectivity index (χ4n) is 2.90. The molecule has 6 nitrogen and oxygen atoms in total. The molecule has 24 heavy (non-hydrogen) atoms. The van der Waals surface area contributed by atoms with Crippen molar-refractivity contribution in [3.63, 3.8) is 0 Å². The second kappa shape index (κ2) is 6.21. The molecule has 0 unspecified atom stereocenters. The Hall–Kier alpha value is -2.45. The van der Waals surface area contributed by atoms with E-state index in [1.54, 1.807) is 4.90 Å². The van der Waals surface area contributed by atoms with Crippen LogP contribution in [0.3, 0.4) is 0 Å². The molecule has 2 aromatic rings. The average Bonchev–Trinajstić information content (AvgIpc) is 2.87. The quantitative estimate of drug-likeness (QED) is 0.897. The minimum atomic E-state index is -4.56. The van der Waals surface area contributed by atoms with Crippen molar-refractivity contribution in [3.8, 4) is 11.8 Å². The molecule has 0 aliphatic carbocycles. The van der Waals surface area contributed by atoms with Crippen molar-refractivity contribution >= 4 is 5.82 Å². The van der Waals surface area contributed by atoms with Crippen LogP contribution >= 0.6 is 0 Å². The lowest BCUT2D eigenvalue weighted by atomic mass is 9.96. The highest BCUT2D eigenvalue weighted by Gasteiger charge is 2.35. The summed E-state index contributed by atoms with van der Waals surface area (Å²) in [6.45, 7) is 1.58. The predicted octanol–water partition coefficient (Wildman–Crippen LogP) is 2.62. The number of rotatable bonds is 3. The van der Waals surface area contributed by atoms with Gasteiger partial charge < -0.3 is 15.1 Å². The van der Waals surface area contributed by atoms with E-state index in [4.69, 9.17) is 0 Å². The molecule has 0 amide bonds. The molecule has 2 aromatic heterocycles. The van der Waals surface area contributed by atoms with Gasteiger partial charge in [0.25, 0.3) is 0 Å². The number of anilines is 1. The molecule has 3 rings (SSSR count). The van der Waals surface area contributed by atoms with Crippen molar-refractivity contribution in [3.05, 3.63) is 30.2 Å². The van der Waals surface area contributed by atoms with Gasteiger partial charge in [-0.3, -0.25) is 4.57 Å². The predicted molar refractivity (Wildman–Crippen MR) is 79.7 cm³/mol. The normalized spacial score (nSPS) is 16.5. The van der Waals surface area contributed by atoms with Crippen LogP contribution in [0.2, 0.25) is 0 Å². The van der Waals surface area contributed by atoms with Crippen molar-refractivity contribution in [1.29, 1.82) is 0 Å². The molecule has 130 valence electrons. The van der Waals surface area contributed by atoms with Crippen LogP contribution in [-0.4, -0.2) is 37.8 Å². The average molecular weight is 342 g/mol. The van der Waals surface area contributed by atoms with Crippen molar-refractivity contribution in [2.24, 2.45) is 5.92 Å². The Morgan fingerprint density at radius 3 is 2.29 bits per heavy atom. The Morgan fingerprint density at radius 2 is 1.71 bits per heavy atom. The summed E-state index contributed by atoms with van der Waals surface area (Å²) in [5.41, 5.74) is 0. The number of hydrogen-bond donors (Lipinski definition) is 2. The maximum atomic E-state index is 12.7. The number of alkyl halides is 3. The molecule has 1 fully saturated rings. The first-order chi connectivity index (χ1) is 11.3. The van der Waals surface area contributed by atoms with E-state index < -0.39 is 12.0 Å². The molecule has 9 heteroatoms. The minimum absolute atomic E-state index is 0.000508. The molecule has 0 spiro atoms. The summed E-state index contributed by atoms with van der Waals surface area (Å²) in [5, 5.41) is 19.3. The monoisotopic (exact) mass is 342 g/mol. The van der Waals surface area contributed by atoms with Gasteiger partial charge in [-0.2, -0.15) is 13.2 Å². The van der Waals surface area contributed by atoms with E-state index in [0.717, 1.165) is 19.0 Å². The van der Waals surface area contributed by atoms with Crippen LogP contribution in [-0.2, 0) is 12.7 Å². The van der Waals surface area contributed by atoms with Crippen LogP contribution in [0.15, 0.2) is 24.4 Å². The fourth-order valence-corrected chi connectivity index (χ4v) is 2.90. The highest BCUT2D eigenvalue weighted by Crippen LogP contribution is 2.30. The lowest BCUT2D eigenvalue weighted by molar-refractivity contribution is -0.144. The Balaban J connectivity index is 1.63. The van der Waals surface area contributed by atoms with E-state index in [-0.39, 0.29) is 23.5 Å². The topological polar surface area (TPSA) is 74.4 Å². The van der Waals surface area contributed by atoms with E-state index in [9.17, 15) is 23.4 Å². The third kappa shape index (κ3) is 3.39. The molecule has 0 aromatic carbocycles. The second-order valence-electron chi connectivity index (χ2n) is 5.83. The summed E-state index contributed by atoms with van der Waals surface area (Å²) in [4.78, 5) is 8.66. The Morgan fingerprint density at radius 1 is 1.08 bits per heavy atom. The zero-order chi connectivity index (χ0) is 17.3. The molecule has 1 aliphatic heterocycles. The molecule has 0 radical (unpaired) electrons. The first kappa shape index (κ1) is 16.4. The molecular formula is C15H17F3N4O2. The van der Waals surface area contributed by atoms with Crippen LogP contribution in [0.4, 0.5) is 19.0 Å². The van der Waals surface area contributed by atoms with Gasteiger partial charge >= 0.3 is 6.18 Å². The number of halogens is 3. The third-order valence-corrected chi connectivity index (χ3v) is 4.21. The van der Waals surface area contributed by atoms with Gasteiger partial charge in [0.05, 0.1) is 0 Å². The highest BCUT2D eigenvalue weighted by molar-refractivity contribution is 5.38. The van der Waals surface area contributed by atoms with Gasteiger partial charge in [0.15, 0.2) is 11.8 Å². The molecule has 1 saturated heterocycles. The summed E-state index contributed by atoms with van der Waals surface area (Å²) < 4.78 is 39.5. The third-order valence-electron chi connectivity index (χ3n) is 4.21. The minimum Gasteiger partial charge on any atom is -0.494 e. The lowest BCUT2D eigenvalue weighted by Gasteiger charge is -2.33. The Bertz CT molecular complexity index is 689. The Labute approximate surface area is 136 Å². The molecule has 0 bridgehead atoms. The van der Waals surface area contributed by atoms with Gasteiger partial charge in [0, 0.05) is 38.0 Å². The van der Waals surface area contributed by atoms with E-state index in [2.05, 4.69) is 9.97 Å². The van der Waals surface area contributed by atoms with Gasteiger partial charge in [0.1, 0.15) is 5.82 Å². The van der Waals surface area contributed by atoms with Gasteiger partial charge in [-0.15, -0.1) is 0 Å². The van der Waals surface area contributed by atoms with E-state index >= 15 is 0 Å². The number of aromatic nitrogens is 3. The maximum Gasteiger partial charge on any atom is 0.451 e. The summed E-state index contributed by atoms with van der Waals surface area (Å²) in [6, 6.07) is 4.31. The first-order valence-corrected chi connectivity index (χ1v) is 7.57. The smallest absolute Gasteiger partial charge is 0.451 e. The SMILES string of the molecule is Oc1ccc(O)n1CC1CCN(c2ccnc(C(F)(F)F)n2)CC1. The molecule has 3 heterocycles. The van der Waals surface area contributed by atoms with Crippen LogP contribution in [0.25, 0.3) is 0 Å². The number of piperidine rings is 1. The number of hydrogen-bond acceptors (Lipinski definition) is 5. The zero-order valence-corrected chi connectivity index (χ0v) is 12.7. The van der Waals surface area contributed by atoms with Gasteiger partial charge in [-0.1, -0.05) is 0 Å². The summed E-state index contributed by atoms with van der Waals surface area (Å²) in [7, 11) is 0. The van der Waals surface area contributed by atoms with E-state index in [1.165, 1.54) is 22.8 Å². The zero-order valence-electron chi connectivity index (χ0n) is 12.7. The van der Waals surface area contributed by atoms with Gasteiger partial charge in [0.2, 0.25) is 5.82 Å². The second-order valence-corrected chi connectivity index (χ2v) is 5.83. The van der Waals surface area contributed by atoms with Crippen molar-refractivity contribution in [1.82, 2.24) is 14.5 Å². The van der Waals surface area contributed by atoms with Gasteiger partial charge in [-0.05, 0) is 24.8 Å². The molecule has 0 atom stereocenters. The van der Waals surface area contributed by atoms with Crippen molar-refractivity contribution in [2.45, 2.75) is 25.6 Å². The summed E-state index contributed by atoms with van der Waals surface area (Å²) in [5.74, 6) is -0.651. The van der Waals surface area contributed by atoms with Crippen LogP contribution in [0, 0.1) is 5.92 Å². The maximum absolute atomic E-state index is 12.7. The van der Waals surface area contributed by atoms with Crippen molar-refractivity contribution < 1.29 is 23.4 Å². The molecule has 2 N–H and O–H groups in total. The standard InChI is InChI=1S/C15H17F3N4O2/c16-15(17,18)14-19-6-3-11(20-14)21-7-4-10(5-8-21)9-22-12(23)1-2-13(22)24/h1-3,6,10,23-24H,4-5,7-9H2. The highest BCUT2D eigenvalue weighted by atomic mass is 19.4. The number of nitrogens with zero attached hydrogens (tertiary/aromatic N) is 4.